The van der Waals surface area contributed by atoms with Crippen LogP contribution in [0.5, 0.6) is 0 Å². The van der Waals surface area contributed by atoms with Crippen LogP contribution in [-0.4, -0.2) is 7.63 Å². The molecule has 0 bridgehead atoms. The molecule has 0 saturated heterocycles. The van der Waals surface area contributed by atoms with Gasteiger partial charge >= 0.3 is 161 Å². The van der Waals surface area contributed by atoms with Crippen molar-refractivity contribution in [3.8, 4) is 11.1 Å². The van der Waals surface area contributed by atoms with Gasteiger partial charge in [-0.2, -0.15) is 0 Å². The van der Waals surface area contributed by atoms with Crippen LogP contribution in [0.1, 0.15) is 38.8 Å². The number of benzene rings is 2. The Morgan fingerprint density at radius 3 is 2.19 bits per heavy atom. The van der Waals surface area contributed by atoms with Crippen LogP contribution in [0.2, 0.25) is 10.5 Å². The Morgan fingerprint density at radius 2 is 1.54 bits per heavy atom. The van der Waals surface area contributed by atoms with Gasteiger partial charge in [-0.15, -0.1) is 0 Å². The fourth-order valence-electron chi connectivity index (χ4n) is 5.71. The normalized spacial score (nSPS) is 19.9. The van der Waals surface area contributed by atoms with E-state index in [1.165, 1.54) is 22.3 Å². The van der Waals surface area contributed by atoms with Crippen LogP contribution < -0.4 is 3.87 Å². The maximum absolute atomic E-state index is 3.02. The van der Waals surface area contributed by atoms with Crippen molar-refractivity contribution in [2.45, 2.75) is 44.6 Å². The van der Waals surface area contributed by atoms with E-state index in [0.717, 1.165) is 6.42 Å². The van der Waals surface area contributed by atoms with Crippen molar-refractivity contribution >= 4 is 11.5 Å². The van der Waals surface area contributed by atoms with E-state index in [2.05, 4.69) is 88.2 Å². The second kappa shape index (κ2) is 5.67. The predicted octanol–water partition coefficient (Wildman–Crippen LogP) is 5.48. The average molecular weight is 394 g/mol. The van der Waals surface area contributed by atoms with Gasteiger partial charge in [-0.05, 0) is 0 Å². The fraction of sp³-hybridized carbons (Fsp3) is 0.333. The molecule has 0 saturated carbocycles. The third-order valence-corrected chi connectivity index (χ3v) is 17.7. The maximum atomic E-state index is 2.65. The summed E-state index contributed by atoms with van der Waals surface area (Å²) in [6.45, 7) is 9.48. The van der Waals surface area contributed by atoms with Crippen molar-refractivity contribution in [2.75, 3.05) is 0 Å². The molecule has 1 unspecified atom stereocenters. The van der Waals surface area contributed by atoms with Crippen molar-refractivity contribution in [3.63, 3.8) is 0 Å². The minimum atomic E-state index is -3.02. The summed E-state index contributed by atoms with van der Waals surface area (Å²) in [6.07, 6.45) is 1.10. The quantitative estimate of drug-likeness (QED) is 0.505. The van der Waals surface area contributed by atoms with Crippen LogP contribution in [0.4, 0.5) is 0 Å². The summed E-state index contributed by atoms with van der Waals surface area (Å²) in [5, 5.41) is 5.30. The van der Waals surface area contributed by atoms with Crippen LogP contribution in [0.3, 0.4) is 0 Å². The zero-order valence-corrected chi connectivity index (χ0v) is 20.0. The molecule has 0 nitrogen and oxygen atoms in total. The van der Waals surface area contributed by atoms with Crippen LogP contribution in [0.25, 0.3) is 11.1 Å². The van der Waals surface area contributed by atoms with E-state index in [-0.39, 0.29) is 0 Å². The summed E-state index contributed by atoms with van der Waals surface area (Å²) in [5.74, 6) is 0.596. The third kappa shape index (κ3) is 2.37. The molecule has 0 radical (unpaired) electrons. The summed E-state index contributed by atoms with van der Waals surface area (Å²) < 4.78 is 3.48. The molecule has 0 aromatic heterocycles. The van der Waals surface area contributed by atoms with Gasteiger partial charge in [0.25, 0.3) is 0 Å². The molecule has 0 aliphatic heterocycles. The molecule has 0 heterocycles. The minimum absolute atomic E-state index is 0.596. The van der Waals surface area contributed by atoms with E-state index in [1.807, 2.05) is 0 Å². The van der Waals surface area contributed by atoms with Crippen LogP contribution in [-0.2, 0) is 20.5 Å². The predicted molar refractivity (Wildman–Crippen MR) is 115 cm³/mol. The van der Waals surface area contributed by atoms with Gasteiger partial charge in [-0.3, -0.25) is 0 Å². The van der Waals surface area contributed by atoms with Crippen LogP contribution in [0.15, 0.2) is 63.1 Å². The molecule has 0 fully saturated rings. The van der Waals surface area contributed by atoms with E-state index in [4.69, 9.17) is 0 Å². The molecule has 0 N–H and O–H groups in total. The molecule has 2 aromatic carbocycles. The third-order valence-electron chi connectivity index (χ3n) is 7.22. The summed E-state index contributed by atoms with van der Waals surface area (Å²) in [5.41, 5.74) is 10.7. The summed E-state index contributed by atoms with van der Waals surface area (Å²) in [7, 11) is 2.37. The molecule has 4 rings (SSSR count). The van der Waals surface area contributed by atoms with Crippen LogP contribution >= 0.6 is 0 Å². The Balaban J connectivity index is 1.97. The molecular weight excluding hydrogens is 364 g/mol. The van der Waals surface area contributed by atoms with Crippen molar-refractivity contribution in [1.29, 1.82) is 0 Å². The van der Waals surface area contributed by atoms with Crippen molar-refractivity contribution < 1.29 is 14.0 Å². The Morgan fingerprint density at radius 1 is 0.885 bits per heavy atom. The molecule has 2 aromatic rings. The molecule has 0 spiro atoms. The number of allylic oxidation sites excluding steroid dienone is 4. The van der Waals surface area contributed by atoms with Gasteiger partial charge < -0.3 is 0 Å². The molecule has 26 heavy (non-hydrogen) atoms. The molecule has 0 amide bonds. The Bertz CT molecular complexity index is 1080. The van der Waals surface area contributed by atoms with E-state index < -0.39 is 14.0 Å². The first-order chi connectivity index (χ1) is 12.1. The number of hydrogen-bond donors (Lipinski definition) is 0. The number of rotatable bonds is 2. The van der Waals surface area contributed by atoms with Crippen molar-refractivity contribution in [2.24, 2.45) is 5.92 Å². The van der Waals surface area contributed by atoms with E-state index in [0.29, 0.717) is 5.92 Å². The van der Waals surface area contributed by atoms with Gasteiger partial charge in [-0.1, -0.05) is 0 Å². The van der Waals surface area contributed by atoms with E-state index in [9.17, 15) is 0 Å². The van der Waals surface area contributed by atoms with Gasteiger partial charge in [0.2, 0.25) is 0 Å². The zero-order valence-electron chi connectivity index (χ0n) is 17.0. The SMILES string of the molecule is CC1=C(C)C(C)[C]([Ti]([CH3])([CH3])(=[SiH2])[c]2cccc3c2Cc2ccccc2-3)=C1C. The van der Waals surface area contributed by atoms with Crippen molar-refractivity contribution in [1.82, 2.24) is 0 Å². The van der Waals surface area contributed by atoms with E-state index >= 15 is 0 Å². The second-order valence-corrected chi connectivity index (χ2v) is 28.2. The summed E-state index contributed by atoms with van der Waals surface area (Å²) in [6, 6.07) is 16.1. The van der Waals surface area contributed by atoms with Gasteiger partial charge in [0.1, 0.15) is 0 Å². The molecule has 2 aliphatic carbocycles. The van der Waals surface area contributed by atoms with E-state index in [1.54, 1.807) is 24.5 Å². The van der Waals surface area contributed by atoms with Gasteiger partial charge in [0.05, 0.1) is 0 Å². The van der Waals surface area contributed by atoms with Gasteiger partial charge in [0, 0.05) is 0 Å². The average Bonchev–Trinajstić information content (AvgIpc) is 3.06. The Labute approximate surface area is 160 Å². The second-order valence-electron chi connectivity index (χ2n) is 9.42. The topological polar surface area (TPSA) is 0 Å². The number of hydrogen-bond acceptors (Lipinski definition) is 0. The zero-order chi connectivity index (χ0) is 18.9. The molecule has 134 valence electrons. The van der Waals surface area contributed by atoms with Crippen LogP contribution in [0, 0.1) is 5.92 Å². The first-order valence-corrected chi connectivity index (χ1v) is 18.5. The first kappa shape index (κ1) is 18.2. The Hall–Kier alpha value is -1.15. The summed E-state index contributed by atoms with van der Waals surface area (Å²) in [4.78, 5) is 0. The standard InChI is InChI=1S/C13H9.C9H13.2CH3.H2Si.Ti/c1-3-7-12-10(5-1)9-11-6-2-4-8-13(11)12;1-6-5-7(2)9(4)8(6)3;;;;/h1-5,7-8H,9H2;6H,1-4H3;2*1H3;1H2;. The fourth-order valence-corrected chi connectivity index (χ4v) is 17.4. The molecule has 1 atom stereocenters. The Kier molecular flexibility index (Phi) is 3.98. The summed E-state index contributed by atoms with van der Waals surface area (Å²) >= 11 is -3.02. The van der Waals surface area contributed by atoms with Crippen molar-refractivity contribution in [3.05, 3.63) is 74.2 Å². The molecule has 2 aliphatic rings. The molecular formula is C24H30SiTi. The van der Waals surface area contributed by atoms with Gasteiger partial charge in [0.15, 0.2) is 0 Å². The first-order valence-electron chi connectivity index (χ1n) is 9.79. The molecule has 2 heteroatoms. The van der Waals surface area contributed by atoms with Gasteiger partial charge in [-0.25, -0.2) is 0 Å². The monoisotopic (exact) mass is 394 g/mol. The number of fused-ring (bicyclic) bond motifs is 3.